The molecular formula is C19H18FN3O. The predicted octanol–water partition coefficient (Wildman–Crippen LogP) is 3.54. The molecule has 0 fully saturated rings. The predicted molar refractivity (Wildman–Crippen MR) is 90.7 cm³/mol. The van der Waals surface area contributed by atoms with Gasteiger partial charge in [0.25, 0.3) is 5.91 Å². The van der Waals surface area contributed by atoms with Crippen LogP contribution >= 0.6 is 0 Å². The van der Waals surface area contributed by atoms with E-state index in [9.17, 15) is 9.18 Å². The van der Waals surface area contributed by atoms with Crippen molar-refractivity contribution in [1.29, 1.82) is 0 Å². The highest BCUT2D eigenvalue weighted by atomic mass is 19.1. The highest BCUT2D eigenvalue weighted by Crippen LogP contribution is 2.14. The average Bonchev–Trinajstić information content (AvgIpc) is 3.11. The fraction of sp³-hybridized carbons (Fsp3) is 0.158. The Kier molecular flexibility index (Phi) is 4.70. The Balaban J connectivity index is 1.63. The van der Waals surface area contributed by atoms with E-state index in [-0.39, 0.29) is 17.6 Å². The SMILES string of the molecule is CC(CNC(=O)c1cnn(-c2ccc(F)cc2)c1)c1ccccc1. The van der Waals surface area contributed by atoms with E-state index in [2.05, 4.69) is 17.3 Å². The second-order valence-electron chi connectivity index (χ2n) is 5.67. The number of hydrogen-bond acceptors (Lipinski definition) is 2. The summed E-state index contributed by atoms with van der Waals surface area (Å²) >= 11 is 0. The van der Waals surface area contributed by atoms with Crippen molar-refractivity contribution in [3.05, 3.63) is 83.9 Å². The van der Waals surface area contributed by atoms with Crippen molar-refractivity contribution in [3.8, 4) is 5.69 Å². The third-order valence-electron chi connectivity index (χ3n) is 3.87. The van der Waals surface area contributed by atoms with Crippen molar-refractivity contribution < 1.29 is 9.18 Å². The standard InChI is InChI=1S/C19H18FN3O/c1-14(15-5-3-2-4-6-15)11-21-19(24)16-12-22-23(13-16)18-9-7-17(20)8-10-18/h2-10,12-14H,11H2,1H3,(H,21,24). The Bertz CT molecular complexity index is 812. The lowest BCUT2D eigenvalue weighted by Gasteiger charge is -2.12. The molecule has 4 nitrogen and oxygen atoms in total. The average molecular weight is 323 g/mol. The summed E-state index contributed by atoms with van der Waals surface area (Å²) < 4.78 is 14.5. The van der Waals surface area contributed by atoms with Gasteiger partial charge in [0.2, 0.25) is 0 Å². The normalized spacial score (nSPS) is 11.9. The number of rotatable bonds is 5. The minimum Gasteiger partial charge on any atom is -0.351 e. The summed E-state index contributed by atoms with van der Waals surface area (Å²) in [5, 5.41) is 7.07. The van der Waals surface area contributed by atoms with Crippen LogP contribution in [0.25, 0.3) is 5.69 Å². The van der Waals surface area contributed by atoms with Crippen molar-refractivity contribution in [3.63, 3.8) is 0 Å². The molecule has 0 saturated carbocycles. The number of aromatic nitrogens is 2. The van der Waals surface area contributed by atoms with Gasteiger partial charge in [-0.05, 0) is 35.7 Å². The first-order valence-corrected chi connectivity index (χ1v) is 7.77. The van der Waals surface area contributed by atoms with E-state index in [1.807, 2.05) is 30.3 Å². The van der Waals surface area contributed by atoms with Crippen LogP contribution < -0.4 is 5.32 Å². The zero-order valence-corrected chi connectivity index (χ0v) is 13.3. The summed E-state index contributed by atoms with van der Waals surface area (Å²) in [5.74, 6) is -0.257. The van der Waals surface area contributed by atoms with Gasteiger partial charge in [-0.25, -0.2) is 9.07 Å². The molecule has 0 saturated heterocycles. The van der Waals surface area contributed by atoms with Crippen LogP contribution in [0, 0.1) is 5.82 Å². The second kappa shape index (κ2) is 7.08. The molecule has 0 aliphatic heterocycles. The zero-order valence-electron chi connectivity index (χ0n) is 13.3. The van der Waals surface area contributed by atoms with Gasteiger partial charge >= 0.3 is 0 Å². The van der Waals surface area contributed by atoms with Gasteiger partial charge in [0, 0.05) is 12.7 Å². The maximum atomic E-state index is 13.0. The van der Waals surface area contributed by atoms with Gasteiger partial charge in [0.15, 0.2) is 0 Å². The van der Waals surface area contributed by atoms with Gasteiger partial charge in [0.05, 0.1) is 17.4 Å². The maximum Gasteiger partial charge on any atom is 0.254 e. The maximum absolute atomic E-state index is 13.0. The van der Waals surface area contributed by atoms with Crippen molar-refractivity contribution in [2.45, 2.75) is 12.8 Å². The van der Waals surface area contributed by atoms with Crippen LogP contribution in [0.1, 0.15) is 28.8 Å². The van der Waals surface area contributed by atoms with Crippen molar-refractivity contribution in [2.24, 2.45) is 0 Å². The number of carbonyl (C=O) groups excluding carboxylic acids is 1. The fourth-order valence-corrected chi connectivity index (χ4v) is 2.42. The van der Waals surface area contributed by atoms with E-state index in [1.54, 1.807) is 23.0 Å². The minimum absolute atomic E-state index is 0.175. The summed E-state index contributed by atoms with van der Waals surface area (Å²) in [6.45, 7) is 2.61. The molecule has 0 bridgehead atoms. The van der Waals surface area contributed by atoms with Crippen molar-refractivity contribution in [2.75, 3.05) is 6.54 Å². The van der Waals surface area contributed by atoms with Gasteiger partial charge in [-0.2, -0.15) is 5.10 Å². The number of carbonyl (C=O) groups is 1. The molecule has 1 amide bonds. The molecule has 5 heteroatoms. The smallest absolute Gasteiger partial charge is 0.254 e. The van der Waals surface area contributed by atoms with Crippen LogP contribution in [0.4, 0.5) is 4.39 Å². The highest BCUT2D eigenvalue weighted by Gasteiger charge is 2.11. The van der Waals surface area contributed by atoms with E-state index in [4.69, 9.17) is 0 Å². The lowest BCUT2D eigenvalue weighted by atomic mass is 10.0. The molecule has 3 aromatic rings. The molecular weight excluding hydrogens is 305 g/mol. The molecule has 1 heterocycles. The molecule has 3 rings (SSSR count). The Hall–Kier alpha value is -2.95. The highest BCUT2D eigenvalue weighted by molar-refractivity contribution is 5.93. The quantitative estimate of drug-likeness (QED) is 0.780. The Labute approximate surface area is 139 Å². The van der Waals surface area contributed by atoms with Crippen molar-refractivity contribution >= 4 is 5.91 Å². The van der Waals surface area contributed by atoms with Gasteiger partial charge in [0.1, 0.15) is 5.82 Å². The third kappa shape index (κ3) is 3.68. The van der Waals surface area contributed by atoms with Crippen LogP contribution in [-0.2, 0) is 0 Å². The minimum atomic E-state index is -0.307. The number of nitrogens with zero attached hydrogens (tertiary/aromatic N) is 2. The third-order valence-corrected chi connectivity index (χ3v) is 3.87. The molecule has 0 spiro atoms. The summed E-state index contributed by atoms with van der Waals surface area (Å²) in [6.07, 6.45) is 3.14. The first kappa shape index (κ1) is 15.9. The van der Waals surface area contributed by atoms with E-state index in [0.717, 1.165) is 0 Å². The van der Waals surface area contributed by atoms with Gasteiger partial charge in [-0.3, -0.25) is 4.79 Å². The molecule has 1 N–H and O–H groups in total. The topological polar surface area (TPSA) is 46.9 Å². The number of hydrogen-bond donors (Lipinski definition) is 1. The van der Waals surface area contributed by atoms with Gasteiger partial charge in [-0.15, -0.1) is 0 Å². The molecule has 0 radical (unpaired) electrons. The largest absolute Gasteiger partial charge is 0.351 e. The molecule has 1 unspecified atom stereocenters. The molecule has 0 aliphatic rings. The van der Waals surface area contributed by atoms with E-state index >= 15 is 0 Å². The molecule has 24 heavy (non-hydrogen) atoms. The van der Waals surface area contributed by atoms with Gasteiger partial charge < -0.3 is 5.32 Å². The molecule has 1 aromatic heterocycles. The van der Waals surface area contributed by atoms with Crippen LogP contribution in [0.15, 0.2) is 67.0 Å². The van der Waals surface area contributed by atoms with E-state index in [0.29, 0.717) is 17.8 Å². The number of benzene rings is 2. The number of halogens is 1. The fourth-order valence-electron chi connectivity index (χ4n) is 2.42. The van der Waals surface area contributed by atoms with E-state index in [1.165, 1.54) is 23.9 Å². The zero-order chi connectivity index (χ0) is 16.9. The first-order valence-electron chi connectivity index (χ1n) is 7.77. The molecule has 0 aliphatic carbocycles. The van der Waals surface area contributed by atoms with Crippen LogP contribution in [0.5, 0.6) is 0 Å². The molecule has 122 valence electrons. The first-order chi connectivity index (χ1) is 11.6. The Morgan fingerprint density at radius 2 is 1.88 bits per heavy atom. The summed E-state index contributed by atoms with van der Waals surface area (Å²) in [6, 6.07) is 16.0. The summed E-state index contributed by atoms with van der Waals surface area (Å²) in [7, 11) is 0. The number of nitrogens with one attached hydrogen (secondary N) is 1. The molecule has 1 atom stereocenters. The van der Waals surface area contributed by atoms with Gasteiger partial charge in [-0.1, -0.05) is 37.3 Å². The van der Waals surface area contributed by atoms with Crippen LogP contribution in [-0.4, -0.2) is 22.2 Å². The Morgan fingerprint density at radius 1 is 1.17 bits per heavy atom. The lowest BCUT2D eigenvalue weighted by molar-refractivity contribution is 0.0951. The lowest BCUT2D eigenvalue weighted by Crippen LogP contribution is -2.27. The summed E-state index contributed by atoms with van der Waals surface area (Å²) in [5.41, 5.74) is 2.35. The Morgan fingerprint density at radius 3 is 2.58 bits per heavy atom. The van der Waals surface area contributed by atoms with Crippen LogP contribution in [0.2, 0.25) is 0 Å². The van der Waals surface area contributed by atoms with E-state index < -0.39 is 0 Å². The summed E-state index contributed by atoms with van der Waals surface area (Å²) in [4.78, 5) is 12.3. The number of amides is 1. The van der Waals surface area contributed by atoms with Crippen molar-refractivity contribution in [1.82, 2.24) is 15.1 Å². The van der Waals surface area contributed by atoms with Crippen LogP contribution in [0.3, 0.4) is 0 Å². The monoisotopic (exact) mass is 323 g/mol. The molecule has 2 aromatic carbocycles. The second-order valence-corrected chi connectivity index (χ2v) is 5.67.